The molecule has 120 valence electrons. The van der Waals surface area contributed by atoms with E-state index < -0.39 is 8.07 Å². The molecule has 0 bridgehead atoms. The van der Waals surface area contributed by atoms with Crippen LogP contribution in [0.25, 0.3) is 16.0 Å². The van der Waals surface area contributed by atoms with Crippen LogP contribution in [0.5, 0.6) is 0 Å². The van der Waals surface area contributed by atoms with Gasteiger partial charge in [-0.1, -0.05) is 25.9 Å². The zero-order chi connectivity index (χ0) is 14.6. The summed E-state index contributed by atoms with van der Waals surface area (Å²) in [5.74, 6) is 0. The number of hydrogen-bond acceptors (Lipinski definition) is 0. The first-order valence-corrected chi connectivity index (χ1v) is 10.3. The minimum atomic E-state index is -1.13. The van der Waals surface area contributed by atoms with Crippen LogP contribution in [0.15, 0.2) is 0 Å². The van der Waals surface area contributed by atoms with Gasteiger partial charge >= 0.3 is 21.7 Å². The average molecular weight is 356 g/mol. The van der Waals surface area contributed by atoms with Gasteiger partial charge in [0.05, 0.1) is 0 Å². The summed E-state index contributed by atoms with van der Waals surface area (Å²) in [6.07, 6.45) is 5.00. The molecule has 0 aliphatic heterocycles. The van der Waals surface area contributed by atoms with E-state index in [0.29, 0.717) is 5.38 Å². The fraction of sp³-hybridized carbons (Fsp3) is 0.929. The minimum Gasteiger partial charge on any atom is -0.668 e. The third kappa shape index (κ3) is 14.1. The van der Waals surface area contributed by atoms with Crippen LogP contribution in [0.4, 0.5) is 0 Å². The number of rotatable bonds is 3. The maximum Gasteiger partial charge on any atom is 4.00 e. The van der Waals surface area contributed by atoms with E-state index >= 15 is 0 Å². The van der Waals surface area contributed by atoms with E-state index in [1.54, 1.807) is 28.2 Å². The molecule has 1 aliphatic carbocycles. The molecule has 2 unspecified atom stereocenters. The molecule has 1 aliphatic rings. The summed E-state index contributed by atoms with van der Waals surface area (Å²) < 4.78 is 0. The summed E-state index contributed by atoms with van der Waals surface area (Å²) in [5.41, 5.74) is 0.808. The molecule has 2 atom stereocenters. The Morgan fingerprint density at radius 1 is 1.00 bits per heavy atom. The van der Waals surface area contributed by atoms with Crippen molar-refractivity contribution in [2.45, 2.75) is 43.3 Å². The standard InChI is InChI=1S/C9H19ClNSi.2C2H6N.CH3.Ti/c1-11-7-12(2,3)9-6-4-5-8(9)10;2*1-3-2;;/h8-9H,4-7H2,1-3H3;2*1-2H3;1H3;/q4*-1;+4. The van der Waals surface area contributed by atoms with Gasteiger partial charge in [0.2, 0.25) is 0 Å². The molecule has 3 nitrogen and oxygen atoms in total. The first-order valence-electron chi connectivity index (χ1n) is 6.56. The van der Waals surface area contributed by atoms with Crippen LogP contribution in [0.3, 0.4) is 0 Å². The number of alkyl halides is 1. The number of nitrogens with zero attached hydrogens (tertiary/aromatic N) is 3. The third-order valence-corrected chi connectivity index (χ3v) is 7.56. The average Bonchev–Trinajstić information content (AvgIpc) is 2.67. The molecule has 0 N–H and O–H groups in total. The Balaban J connectivity index is -0.000000139. The summed E-state index contributed by atoms with van der Waals surface area (Å²) in [6.45, 7) is 4.84. The Morgan fingerprint density at radius 3 is 1.65 bits per heavy atom. The molecule has 6 heteroatoms. The minimum absolute atomic E-state index is 0. The molecule has 20 heavy (non-hydrogen) atoms. The second-order valence-electron chi connectivity index (χ2n) is 5.41. The second-order valence-corrected chi connectivity index (χ2v) is 11.0. The van der Waals surface area contributed by atoms with Crippen molar-refractivity contribution in [2.24, 2.45) is 0 Å². The van der Waals surface area contributed by atoms with Gasteiger partial charge in [0, 0.05) is 13.5 Å². The molecule has 1 fully saturated rings. The fourth-order valence-electron chi connectivity index (χ4n) is 2.32. The van der Waals surface area contributed by atoms with E-state index in [2.05, 4.69) is 29.0 Å². The molecule has 0 spiro atoms. The van der Waals surface area contributed by atoms with Gasteiger partial charge in [-0.05, 0) is 12.0 Å². The van der Waals surface area contributed by atoms with Crippen molar-refractivity contribution in [3.8, 4) is 0 Å². The molecule has 0 radical (unpaired) electrons. The van der Waals surface area contributed by atoms with E-state index in [9.17, 15) is 0 Å². The van der Waals surface area contributed by atoms with Crippen molar-refractivity contribution in [2.75, 3.05) is 41.4 Å². The van der Waals surface area contributed by atoms with Crippen LogP contribution in [-0.2, 0) is 21.7 Å². The smallest absolute Gasteiger partial charge is 0.668 e. The van der Waals surface area contributed by atoms with E-state index in [1.807, 2.05) is 7.05 Å². The molecule has 0 aromatic rings. The Morgan fingerprint density at radius 2 is 1.40 bits per heavy atom. The third-order valence-electron chi connectivity index (χ3n) is 3.00. The molecule has 1 rings (SSSR count). The summed E-state index contributed by atoms with van der Waals surface area (Å²) in [4.78, 5) is 0. The zero-order valence-corrected chi connectivity index (χ0v) is 18.0. The van der Waals surface area contributed by atoms with Crippen molar-refractivity contribution in [3.05, 3.63) is 23.4 Å². The van der Waals surface area contributed by atoms with Gasteiger partial charge in [-0.15, -0.1) is 11.6 Å². The summed E-state index contributed by atoms with van der Waals surface area (Å²) in [5, 5.41) is 11.7. The Labute approximate surface area is 149 Å². The Bertz CT molecular complexity index is 184. The van der Waals surface area contributed by atoms with Crippen LogP contribution < -0.4 is 0 Å². The maximum absolute atomic E-state index is 6.29. The van der Waals surface area contributed by atoms with Crippen molar-refractivity contribution in [1.82, 2.24) is 0 Å². The predicted molar refractivity (Wildman–Crippen MR) is 95.7 cm³/mol. The van der Waals surface area contributed by atoms with Gasteiger partial charge in [0.15, 0.2) is 0 Å². The van der Waals surface area contributed by atoms with Gasteiger partial charge in [0.1, 0.15) is 0 Å². The number of halogens is 1. The van der Waals surface area contributed by atoms with E-state index in [1.165, 1.54) is 19.3 Å². The predicted octanol–water partition coefficient (Wildman–Crippen LogP) is 5.09. The molecule has 0 saturated heterocycles. The maximum atomic E-state index is 6.29. The SMILES string of the molecule is C[N-]C.C[N-]C.C[N-]C[Si](C)(C)C1CCCC1Cl.[CH3-].[Ti+4]. The molecular formula is C14H34ClN3SiTi. The van der Waals surface area contributed by atoms with Crippen LogP contribution in [-0.4, -0.2) is 54.9 Å². The fourth-order valence-corrected chi connectivity index (χ4v) is 6.80. The molecular weight excluding hydrogens is 322 g/mol. The van der Waals surface area contributed by atoms with Gasteiger partial charge < -0.3 is 23.4 Å². The van der Waals surface area contributed by atoms with Crippen LogP contribution in [0, 0.1) is 7.43 Å². The second kappa shape index (κ2) is 18.2. The first kappa shape index (κ1) is 29.2. The van der Waals surface area contributed by atoms with Crippen molar-refractivity contribution in [1.29, 1.82) is 0 Å². The van der Waals surface area contributed by atoms with Gasteiger partial charge in [-0.3, -0.25) is 0 Å². The van der Waals surface area contributed by atoms with Crippen molar-refractivity contribution >= 4 is 19.7 Å². The normalized spacial score (nSPS) is 20.4. The summed E-state index contributed by atoms with van der Waals surface area (Å²) in [7, 11) is 7.79. The first-order chi connectivity index (χ1) is 8.40. The molecule has 0 aromatic heterocycles. The van der Waals surface area contributed by atoms with Gasteiger partial charge in [0.25, 0.3) is 0 Å². The number of hydrogen-bond donors (Lipinski definition) is 0. The van der Waals surface area contributed by atoms with E-state index in [-0.39, 0.29) is 29.1 Å². The Hall–Kier alpha value is 1.10. The van der Waals surface area contributed by atoms with Crippen molar-refractivity contribution in [3.63, 3.8) is 0 Å². The van der Waals surface area contributed by atoms with Gasteiger partial charge in [-0.2, -0.15) is 41.4 Å². The van der Waals surface area contributed by atoms with Crippen LogP contribution >= 0.6 is 11.6 Å². The molecule has 1 saturated carbocycles. The van der Waals surface area contributed by atoms with E-state index in [4.69, 9.17) is 11.6 Å². The quantitative estimate of drug-likeness (QED) is 0.384. The van der Waals surface area contributed by atoms with Crippen LogP contribution in [0.2, 0.25) is 18.6 Å². The summed E-state index contributed by atoms with van der Waals surface area (Å²) >= 11 is 6.29. The molecule has 0 heterocycles. The molecule has 0 aromatic carbocycles. The van der Waals surface area contributed by atoms with E-state index in [0.717, 1.165) is 11.7 Å². The van der Waals surface area contributed by atoms with Crippen molar-refractivity contribution < 1.29 is 21.7 Å². The van der Waals surface area contributed by atoms with Gasteiger partial charge in [-0.25, -0.2) is 0 Å². The summed E-state index contributed by atoms with van der Waals surface area (Å²) in [6, 6.07) is 0. The topological polar surface area (TPSA) is 42.3 Å². The zero-order valence-electron chi connectivity index (χ0n) is 14.7. The largest absolute Gasteiger partial charge is 4.00 e. The van der Waals surface area contributed by atoms with Crippen LogP contribution in [0.1, 0.15) is 19.3 Å². The molecule has 0 amide bonds. The monoisotopic (exact) mass is 355 g/mol. The Kier molecular flexibility index (Phi) is 26.5.